The van der Waals surface area contributed by atoms with Gasteiger partial charge in [0.1, 0.15) is 5.82 Å². The molecule has 2 aliphatic rings. The highest BCUT2D eigenvalue weighted by molar-refractivity contribution is 5.35. The van der Waals surface area contributed by atoms with Gasteiger partial charge in [-0.3, -0.25) is 9.47 Å². The third kappa shape index (κ3) is 6.10. The van der Waals surface area contributed by atoms with Crippen LogP contribution in [-0.4, -0.2) is 39.4 Å². The second-order valence-electron chi connectivity index (χ2n) is 12.0. The third-order valence-electron chi connectivity index (χ3n) is 9.09. The number of H-pyrrole nitrogens is 1. The number of ether oxygens (including phenoxy) is 2. The van der Waals surface area contributed by atoms with E-state index < -0.39 is 40.7 Å². The van der Waals surface area contributed by atoms with Crippen molar-refractivity contribution in [3.05, 3.63) is 123 Å². The van der Waals surface area contributed by atoms with Gasteiger partial charge in [0.25, 0.3) is 0 Å². The highest BCUT2D eigenvalue weighted by atomic mass is 19.4. The summed E-state index contributed by atoms with van der Waals surface area (Å²) in [5.41, 5.74) is -3.11. The van der Waals surface area contributed by atoms with E-state index in [1.54, 1.807) is 4.57 Å². The number of alkyl halides is 6. The van der Waals surface area contributed by atoms with Gasteiger partial charge in [-0.05, 0) is 54.7 Å². The lowest BCUT2D eigenvalue weighted by atomic mass is 9.73. The van der Waals surface area contributed by atoms with E-state index in [0.29, 0.717) is 44.0 Å². The first-order chi connectivity index (χ1) is 21.8. The van der Waals surface area contributed by atoms with Crippen molar-refractivity contribution in [2.24, 2.45) is 0 Å². The minimum absolute atomic E-state index is 0.0363. The van der Waals surface area contributed by atoms with Gasteiger partial charge in [-0.1, -0.05) is 60.7 Å². The Hall–Kier alpha value is -3.94. The Balaban J connectivity index is 1.31. The molecule has 46 heavy (non-hydrogen) atoms. The van der Waals surface area contributed by atoms with E-state index >= 15 is 0 Å². The number of aromatic nitrogens is 3. The molecule has 7 nitrogen and oxygen atoms in total. The molecule has 0 radical (unpaired) electrons. The molecule has 3 aromatic carbocycles. The van der Waals surface area contributed by atoms with E-state index in [0.717, 1.165) is 11.1 Å². The van der Waals surface area contributed by atoms with Crippen molar-refractivity contribution in [3.8, 4) is 0 Å². The molecule has 1 saturated heterocycles. The average Bonchev–Trinajstić information content (AvgIpc) is 3.41. The fourth-order valence-electron chi connectivity index (χ4n) is 6.68. The van der Waals surface area contributed by atoms with Gasteiger partial charge in [0.05, 0.1) is 54.7 Å². The molecule has 13 heteroatoms. The Morgan fingerprint density at radius 3 is 2.15 bits per heavy atom. The van der Waals surface area contributed by atoms with E-state index in [4.69, 9.17) is 9.47 Å². The van der Waals surface area contributed by atoms with Crippen LogP contribution in [0, 0.1) is 0 Å². The first kappa shape index (κ1) is 32.0. The summed E-state index contributed by atoms with van der Waals surface area (Å²) in [6, 6.07) is 20.6. The summed E-state index contributed by atoms with van der Waals surface area (Å²) in [5, 5.41) is 6.85. The number of nitrogens with one attached hydrogen (secondary N) is 1. The van der Waals surface area contributed by atoms with Crippen molar-refractivity contribution < 1.29 is 35.8 Å². The van der Waals surface area contributed by atoms with Crippen molar-refractivity contribution in [1.82, 2.24) is 19.7 Å². The van der Waals surface area contributed by atoms with E-state index in [1.807, 2.05) is 60.7 Å². The largest absolute Gasteiger partial charge is 0.416 e. The summed E-state index contributed by atoms with van der Waals surface area (Å²) in [7, 11) is 0. The molecular formula is C33H32F6N4O3. The third-order valence-corrected chi connectivity index (χ3v) is 9.09. The van der Waals surface area contributed by atoms with Crippen molar-refractivity contribution in [2.75, 3.05) is 19.8 Å². The summed E-state index contributed by atoms with van der Waals surface area (Å²) in [5.74, 6) is 0.500. The minimum Gasteiger partial charge on any atom is -0.374 e. The number of benzene rings is 3. The molecular weight excluding hydrogens is 614 g/mol. The molecule has 4 atom stereocenters. The molecule has 6 rings (SSSR count). The normalized spacial score (nSPS) is 23.6. The van der Waals surface area contributed by atoms with Crippen molar-refractivity contribution >= 4 is 0 Å². The van der Waals surface area contributed by atoms with E-state index in [9.17, 15) is 31.1 Å². The lowest BCUT2D eigenvalue weighted by Crippen LogP contribution is -2.66. The van der Waals surface area contributed by atoms with Gasteiger partial charge in [0.2, 0.25) is 0 Å². The molecule has 1 fully saturated rings. The average molecular weight is 647 g/mol. The quantitative estimate of drug-likeness (QED) is 0.203. The molecule has 0 amide bonds. The van der Waals surface area contributed by atoms with Gasteiger partial charge >= 0.3 is 18.0 Å². The zero-order valence-electron chi connectivity index (χ0n) is 24.9. The summed E-state index contributed by atoms with van der Waals surface area (Å²) in [4.78, 5) is 15.1. The van der Waals surface area contributed by atoms with Gasteiger partial charge in [-0.25, -0.2) is 9.89 Å². The van der Waals surface area contributed by atoms with Crippen LogP contribution in [-0.2, 0) is 46.1 Å². The highest BCUT2D eigenvalue weighted by Crippen LogP contribution is 2.48. The number of rotatable bonds is 9. The summed E-state index contributed by atoms with van der Waals surface area (Å²) >= 11 is 0. The fourth-order valence-corrected chi connectivity index (χ4v) is 6.68. The van der Waals surface area contributed by atoms with Crippen molar-refractivity contribution in [1.29, 1.82) is 0 Å². The van der Waals surface area contributed by atoms with Gasteiger partial charge in [0, 0.05) is 6.54 Å². The number of halogens is 6. The maximum atomic E-state index is 13.6. The molecule has 244 valence electrons. The Kier molecular flexibility index (Phi) is 8.36. The highest BCUT2D eigenvalue weighted by Gasteiger charge is 2.54. The van der Waals surface area contributed by atoms with Gasteiger partial charge in [-0.2, -0.15) is 31.4 Å². The SMILES string of the molecule is C[C@@H](OC[C@@]1(c2ccccc2)CC[C@@]2(COCc3ccccc3)CN1Cc1n[nH]c(=O)n12)c1cc(C(F)(F)F)cc(C(F)(F)F)c1. The van der Waals surface area contributed by atoms with Gasteiger partial charge in [0.15, 0.2) is 0 Å². The maximum absolute atomic E-state index is 13.6. The molecule has 2 bridgehead atoms. The second-order valence-corrected chi connectivity index (χ2v) is 12.0. The number of aromatic amines is 1. The molecule has 4 aromatic rings. The van der Waals surface area contributed by atoms with Crippen LogP contribution in [0.3, 0.4) is 0 Å². The van der Waals surface area contributed by atoms with E-state index in [2.05, 4.69) is 15.1 Å². The predicted molar refractivity (Wildman–Crippen MR) is 155 cm³/mol. The molecule has 0 saturated carbocycles. The van der Waals surface area contributed by atoms with Crippen molar-refractivity contribution in [2.45, 2.75) is 62.5 Å². The lowest BCUT2D eigenvalue weighted by Gasteiger charge is -2.56. The lowest BCUT2D eigenvalue weighted by molar-refractivity contribution is -0.143. The maximum Gasteiger partial charge on any atom is 0.416 e. The van der Waals surface area contributed by atoms with Crippen LogP contribution in [0.5, 0.6) is 0 Å². The van der Waals surface area contributed by atoms with Gasteiger partial charge < -0.3 is 9.47 Å². The van der Waals surface area contributed by atoms with Gasteiger partial charge in [-0.15, -0.1) is 0 Å². The summed E-state index contributed by atoms with van der Waals surface area (Å²) in [6.07, 6.45) is -10.1. The van der Waals surface area contributed by atoms with E-state index in [1.165, 1.54) is 6.92 Å². The van der Waals surface area contributed by atoms with Crippen LogP contribution in [0.25, 0.3) is 0 Å². The Bertz CT molecular complexity index is 1690. The molecule has 1 N–H and O–H groups in total. The Labute approximate surface area is 260 Å². The van der Waals surface area contributed by atoms with Crippen LogP contribution in [0.1, 0.15) is 59.5 Å². The minimum atomic E-state index is -4.97. The number of hydrogen-bond acceptors (Lipinski definition) is 5. The number of hydrogen-bond donors (Lipinski definition) is 1. The topological polar surface area (TPSA) is 72.4 Å². The first-order valence-corrected chi connectivity index (χ1v) is 14.8. The molecule has 3 heterocycles. The van der Waals surface area contributed by atoms with Crippen LogP contribution < -0.4 is 5.69 Å². The van der Waals surface area contributed by atoms with Crippen LogP contribution in [0.15, 0.2) is 83.7 Å². The molecule has 2 aliphatic heterocycles. The Morgan fingerprint density at radius 2 is 1.52 bits per heavy atom. The van der Waals surface area contributed by atoms with Crippen LogP contribution in [0.2, 0.25) is 0 Å². The van der Waals surface area contributed by atoms with Crippen LogP contribution >= 0.6 is 0 Å². The predicted octanol–water partition coefficient (Wildman–Crippen LogP) is 6.80. The smallest absolute Gasteiger partial charge is 0.374 e. The fraction of sp³-hybridized carbons (Fsp3) is 0.394. The summed E-state index contributed by atoms with van der Waals surface area (Å²) < 4.78 is 95.6. The molecule has 1 aromatic heterocycles. The second kappa shape index (κ2) is 12.0. The number of nitrogens with zero attached hydrogens (tertiary/aromatic N) is 3. The Morgan fingerprint density at radius 1 is 0.891 bits per heavy atom. The number of fused-ring (bicyclic) bond motifs is 4. The first-order valence-electron chi connectivity index (χ1n) is 14.8. The molecule has 0 spiro atoms. The van der Waals surface area contributed by atoms with Crippen molar-refractivity contribution in [3.63, 3.8) is 0 Å². The zero-order valence-corrected chi connectivity index (χ0v) is 24.9. The molecule has 0 aliphatic carbocycles. The zero-order chi connectivity index (χ0) is 32.7. The van der Waals surface area contributed by atoms with E-state index in [-0.39, 0.29) is 37.1 Å². The molecule has 1 unspecified atom stereocenters. The summed E-state index contributed by atoms with van der Waals surface area (Å²) in [6.45, 7) is 2.60. The standard InChI is InChI=1S/C33H32F6N4O3/c1-22(24-14-26(32(34,35)36)16-27(15-24)33(37,38)39)46-21-31(25-10-6-3-7-11-25)13-12-30(20-45-18-23-8-4-2-5-9-23)19-42(31)17-28-40-41-29(44)43(28)30/h2-11,14-16,22H,12-13,17-21H2,1H3,(H,41,44)/t22-,30+,31-/m1/s1. The van der Waals surface area contributed by atoms with Crippen LogP contribution in [0.4, 0.5) is 26.3 Å². The number of piperidine rings is 1. The monoisotopic (exact) mass is 646 g/mol.